The van der Waals surface area contributed by atoms with Gasteiger partial charge in [-0.15, -0.1) is 0 Å². The van der Waals surface area contributed by atoms with E-state index in [-0.39, 0.29) is 11.7 Å². The Hall–Kier alpha value is -1.66. The van der Waals surface area contributed by atoms with Crippen LogP contribution in [0.2, 0.25) is 0 Å². The number of likely N-dealkylation sites (N-methyl/N-ethyl adjacent to an activating group) is 2. The smallest absolute Gasteiger partial charge is 0.270 e. The second kappa shape index (κ2) is 7.95. The maximum atomic E-state index is 12.6. The van der Waals surface area contributed by atoms with Crippen LogP contribution in [-0.4, -0.2) is 85.7 Å². The van der Waals surface area contributed by atoms with E-state index >= 15 is 0 Å². The number of H-pyrrole nitrogens is 1. The zero-order valence-electron chi connectivity index (χ0n) is 13.6. The normalized spacial score (nSPS) is 11.2. The summed E-state index contributed by atoms with van der Waals surface area (Å²) in [5.74, 6) is -0.107. The molecule has 21 heavy (non-hydrogen) atoms. The SMILES string of the molecule is CC(=O)c1c[nH]c(C(=O)N(CCN(C)C)CCN(C)C)c1. The number of hydrogen-bond acceptors (Lipinski definition) is 4. The number of aromatic amines is 1. The van der Waals surface area contributed by atoms with Gasteiger partial charge < -0.3 is 19.7 Å². The predicted molar refractivity (Wildman–Crippen MR) is 83.8 cm³/mol. The average molecular weight is 294 g/mol. The molecule has 1 heterocycles. The topological polar surface area (TPSA) is 59.7 Å². The first-order valence-corrected chi connectivity index (χ1v) is 7.09. The lowest BCUT2D eigenvalue weighted by Gasteiger charge is -2.25. The third kappa shape index (κ3) is 5.69. The lowest BCUT2D eigenvalue weighted by molar-refractivity contribution is 0.0728. The molecule has 0 fully saturated rings. The number of carbonyl (C=O) groups excluding carboxylic acids is 2. The van der Waals surface area contributed by atoms with E-state index < -0.39 is 0 Å². The van der Waals surface area contributed by atoms with E-state index in [4.69, 9.17) is 0 Å². The molecular formula is C15H26N4O2. The summed E-state index contributed by atoms with van der Waals surface area (Å²) in [6.07, 6.45) is 1.59. The van der Waals surface area contributed by atoms with E-state index in [0.29, 0.717) is 24.3 Å². The molecule has 0 saturated carbocycles. The van der Waals surface area contributed by atoms with Crippen molar-refractivity contribution >= 4 is 11.7 Å². The molecule has 0 atom stereocenters. The molecule has 0 radical (unpaired) electrons. The van der Waals surface area contributed by atoms with Gasteiger partial charge in [0.15, 0.2) is 5.78 Å². The monoisotopic (exact) mass is 294 g/mol. The molecular weight excluding hydrogens is 268 g/mol. The average Bonchev–Trinajstić information content (AvgIpc) is 2.87. The van der Waals surface area contributed by atoms with Crippen LogP contribution in [0.25, 0.3) is 0 Å². The van der Waals surface area contributed by atoms with E-state index in [2.05, 4.69) is 4.98 Å². The highest BCUT2D eigenvalue weighted by atomic mass is 16.2. The van der Waals surface area contributed by atoms with Crippen LogP contribution in [0.5, 0.6) is 0 Å². The minimum absolute atomic E-state index is 0.0431. The highest BCUT2D eigenvalue weighted by molar-refractivity contribution is 5.99. The number of nitrogens with zero attached hydrogens (tertiary/aromatic N) is 3. The van der Waals surface area contributed by atoms with Gasteiger partial charge in [0.25, 0.3) is 5.91 Å². The maximum absolute atomic E-state index is 12.6. The van der Waals surface area contributed by atoms with E-state index in [9.17, 15) is 9.59 Å². The summed E-state index contributed by atoms with van der Waals surface area (Å²) in [5.41, 5.74) is 1.01. The van der Waals surface area contributed by atoms with Crippen molar-refractivity contribution in [2.75, 3.05) is 54.4 Å². The molecule has 0 aliphatic rings. The number of rotatable bonds is 8. The molecule has 118 valence electrons. The van der Waals surface area contributed by atoms with E-state index in [1.165, 1.54) is 6.92 Å². The van der Waals surface area contributed by atoms with Crippen molar-refractivity contribution in [1.82, 2.24) is 19.7 Å². The molecule has 0 unspecified atom stereocenters. The Labute approximate surface area is 126 Å². The van der Waals surface area contributed by atoms with E-state index in [1.54, 1.807) is 12.3 Å². The van der Waals surface area contributed by atoms with Gasteiger partial charge in [-0.3, -0.25) is 9.59 Å². The Morgan fingerprint density at radius 2 is 1.52 bits per heavy atom. The van der Waals surface area contributed by atoms with Gasteiger partial charge in [-0.2, -0.15) is 0 Å². The van der Waals surface area contributed by atoms with Gasteiger partial charge in [0, 0.05) is 37.9 Å². The molecule has 1 N–H and O–H groups in total. The zero-order valence-corrected chi connectivity index (χ0v) is 13.6. The first kappa shape index (κ1) is 17.4. The summed E-state index contributed by atoms with van der Waals surface area (Å²) in [7, 11) is 7.93. The minimum Gasteiger partial charge on any atom is -0.356 e. The fraction of sp³-hybridized carbons (Fsp3) is 0.600. The van der Waals surface area contributed by atoms with Crippen molar-refractivity contribution in [2.24, 2.45) is 0 Å². The highest BCUT2D eigenvalue weighted by Gasteiger charge is 2.18. The van der Waals surface area contributed by atoms with Crippen molar-refractivity contribution < 1.29 is 9.59 Å². The number of hydrogen-bond donors (Lipinski definition) is 1. The summed E-state index contributed by atoms with van der Waals surface area (Å²) in [4.78, 5) is 32.7. The second-order valence-electron chi connectivity index (χ2n) is 5.76. The second-order valence-corrected chi connectivity index (χ2v) is 5.76. The summed E-state index contributed by atoms with van der Waals surface area (Å²) in [6, 6.07) is 1.63. The van der Waals surface area contributed by atoms with Crippen LogP contribution in [0.1, 0.15) is 27.8 Å². The third-order valence-electron chi connectivity index (χ3n) is 3.24. The van der Waals surface area contributed by atoms with Crippen molar-refractivity contribution in [1.29, 1.82) is 0 Å². The number of ketones is 1. The first-order valence-electron chi connectivity index (χ1n) is 7.09. The van der Waals surface area contributed by atoms with Crippen molar-refractivity contribution in [3.8, 4) is 0 Å². The Morgan fingerprint density at radius 1 is 1.00 bits per heavy atom. The standard InChI is InChI=1S/C15H26N4O2/c1-12(20)13-10-14(16-11-13)15(21)19(8-6-17(2)3)9-7-18(4)5/h10-11,16H,6-9H2,1-5H3. The summed E-state index contributed by atoms with van der Waals surface area (Å²) < 4.78 is 0. The fourth-order valence-electron chi connectivity index (χ4n) is 1.85. The summed E-state index contributed by atoms with van der Waals surface area (Å²) >= 11 is 0. The minimum atomic E-state index is -0.0637. The van der Waals surface area contributed by atoms with Crippen LogP contribution >= 0.6 is 0 Å². The van der Waals surface area contributed by atoms with Gasteiger partial charge >= 0.3 is 0 Å². The zero-order chi connectivity index (χ0) is 16.0. The van der Waals surface area contributed by atoms with Crippen molar-refractivity contribution in [2.45, 2.75) is 6.92 Å². The van der Waals surface area contributed by atoms with Gasteiger partial charge in [-0.25, -0.2) is 0 Å². The van der Waals surface area contributed by atoms with Gasteiger partial charge in [0.1, 0.15) is 5.69 Å². The van der Waals surface area contributed by atoms with Crippen molar-refractivity contribution in [3.63, 3.8) is 0 Å². The van der Waals surface area contributed by atoms with Gasteiger partial charge in [-0.05, 0) is 41.2 Å². The third-order valence-corrected chi connectivity index (χ3v) is 3.24. The maximum Gasteiger partial charge on any atom is 0.270 e. The lowest BCUT2D eigenvalue weighted by atomic mass is 10.2. The highest BCUT2D eigenvalue weighted by Crippen LogP contribution is 2.08. The van der Waals surface area contributed by atoms with Crippen LogP contribution in [0.4, 0.5) is 0 Å². The predicted octanol–water partition coefficient (Wildman–Crippen LogP) is 0.783. The Bertz CT molecular complexity index is 468. The van der Waals surface area contributed by atoms with E-state index in [1.807, 2.05) is 42.9 Å². The number of aromatic nitrogens is 1. The molecule has 1 aromatic rings. The molecule has 0 spiro atoms. The summed E-state index contributed by atoms with van der Waals surface area (Å²) in [6.45, 7) is 4.42. The lowest BCUT2D eigenvalue weighted by Crippen LogP contribution is -2.40. The molecule has 0 saturated heterocycles. The molecule has 1 aromatic heterocycles. The van der Waals surface area contributed by atoms with Crippen molar-refractivity contribution in [3.05, 3.63) is 23.5 Å². The number of nitrogens with one attached hydrogen (secondary N) is 1. The molecule has 6 heteroatoms. The van der Waals surface area contributed by atoms with Crippen LogP contribution in [0.15, 0.2) is 12.3 Å². The van der Waals surface area contributed by atoms with Crippen LogP contribution in [0.3, 0.4) is 0 Å². The molecule has 1 amide bonds. The Balaban J connectivity index is 2.78. The number of amides is 1. The van der Waals surface area contributed by atoms with Gasteiger partial charge in [-0.1, -0.05) is 0 Å². The van der Waals surface area contributed by atoms with Crippen LogP contribution < -0.4 is 0 Å². The van der Waals surface area contributed by atoms with Crippen LogP contribution in [0, 0.1) is 0 Å². The quantitative estimate of drug-likeness (QED) is 0.720. The first-order chi connectivity index (χ1) is 9.81. The number of carbonyl (C=O) groups is 2. The Morgan fingerprint density at radius 3 is 1.90 bits per heavy atom. The Kier molecular flexibility index (Phi) is 6.58. The van der Waals surface area contributed by atoms with Crippen LogP contribution in [-0.2, 0) is 0 Å². The van der Waals surface area contributed by atoms with E-state index in [0.717, 1.165) is 13.1 Å². The van der Waals surface area contributed by atoms with Gasteiger partial charge in [0.05, 0.1) is 0 Å². The molecule has 0 aliphatic heterocycles. The molecule has 0 aliphatic carbocycles. The van der Waals surface area contributed by atoms with Gasteiger partial charge in [0.2, 0.25) is 0 Å². The largest absolute Gasteiger partial charge is 0.356 e. The number of Topliss-reactive ketones (excluding diaryl/α,β-unsaturated/α-hetero) is 1. The molecule has 0 aromatic carbocycles. The molecule has 0 bridgehead atoms. The summed E-state index contributed by atoms with van der Waals surface area (Å²) in [5, 5.41) is 0. The molecule has 1 rings (SSSR count). The molecule has 6 nitrogen and oxygen atoms in total. The fourth-order valence-corrected chi connectivity index (χ4v) is 1.85.